The number of aromatic nitrogens is 1. The smallest absolute Gasteiger partial charge is 0.256 e. The SMILES string of the molecule is C=C(NCc1c(OC)cc(C)[nH]c1=O)c1c(CC)c(N(CC)C2CCOCC2)cc2oc(C3CCN(C)CC3)cc12. The first-order chi connectivity index (χ1) is 19.8. The first-order valence-electron chi connectivity index (χ1n) is 15.2. The standard InChI is InChI=1S/C33H46N4O4/c1-7-25-28(37(8-2)24-11-15-40-16-12-24)19-31-26(18-29(41-31)23-9-13-36(5)14-10-23)32(25)22(4)34-20-27-30(39-6)17-21(3)35-33(27)38/h17-19,23-24,34H,4,7-16,20H2,1-3,5-6H3,(H,35,38). The van der Waals surface area contributed by atoms with Crippen molar-refractivity contribution in [3.63, 3.8) is 0 Å². The van der Waals surface area contributed by atoms with E-state index >= 15 is 0 Å². The summed E-state index contributed by atoms with van der Waals surface area (Å²) >= 11 is 0. The molecule has 0 amide bonds. The van der Waals surface area contributed by atoms with Crippen LogP contribution in [0.3, 0.4) is 0 Å². The van der Waals surface area contributed by atoms with E-state index in [1.807, 2.05) is 13.0 Å². The minimum atomic E-state index is -0.152. The van der Waals surface area contributed by atoms with Gasteiger partial charge in [0.05, 0.1) is 12.7 Å². The van der Waals surface area contributed by atoms with Crippen LogP contribution in [0.5, 0.6) is 5.75 Å². The highest BCUT2D eigenvalue weighted by atomic mass is 16.5. The van der Waals surface area contributed by atoms with Crippen LogP contribution in [0.2, 0.25) is 0 Å². The number of aryl methyl sites for hydroxylation is 1. The zero-order chi connectivity index (χ0) is 29.1. The number of likely N-dealkylation sites (tertiary alicyclic amines) is 1. The predicted octanol–water partition coefficient (Wildman–Crippen LogP) is 5.58. The molecular weight excluding hydrogens is 516 g/mol. The maximum atomic E-state index is 12.8. The maximum Gasteiger partial charge on any atom is 0.256 e. The molecule has 2 fully saturated rings. The Morgan fingerprint density at radius 2 is 1.88 bits per heavy atom. The van der Waals surface area contributed by atoms with E-state index < -0.39 is 0 Å². The molecule has 0 saturated carbocycles. The zero-order valence-corrected chi connectivity index (χ0v) is 25.4. The molecular formula is C33H46N4O4. The lowest BCUT2D eigenvalue weighted by atomic mass is 9.92. The van der Waals surface area contributed by atoms with Gasteiger partial charge in [0, 0.05) is 72.4 Å². The number of benzene rings is 1. The van der Waals surface area contributed by atoms with Crippen LogP contribution in [0.4, 0.5) is 5.69 Å². The Kier molecular flexibility index (Phi) is 9.09. The zero-order valence-electron chi connectivity index (χ0n) is 25.4. The van der Waals surface area contributed by atoms with E-state index in [1.165, 1.54) is 11.3 Å². The average Bonchev–Trinajstić information content (AvgIpc) is 3.40. The first kappa shape index (κ1) is 29.3. The number of nitrogens with zero attached hydrogens (tertiary/aromatic N) is 2. The monoisotopic (exact) mass is 562 g/mol. The molecule has 1 aromatic carbocycles. The van der Waals surface area contributed by atoms with Crippen molar-refractivity contribution in [2.75, 3.05) is 51.9 Å². The van der Waals surface area contributed by atoms with Gasteiger partial charge >= 0.3 is 0 Å². The molecule has 0 aliphatic carbocycles. The Morgan fingerprint density at radius 3 is 2.54 bits per heavy atom. The summed E-state index contributed by atoms with van der Waals surface area (Å²) in [5.41, 5.74) is 6.41. The van der Waals surface area contributed by atoms with Gasteiger partial charge in [-0.3, -0.25) is 4.79 Å². The Balaban J connectivity index is 1.58. The highest BCUT2D eigenvalue weighted by molar-refractivity contribution is 5.96. The van der Waals surface area contributed by atoms with Crippen LogP contribution in [-0.2, 0) is 17.7 Å². The largest absolute Gasteiger partial charge is 0.496 e. The number of furan rings is 1. The second-order valence-electron chi connectivity index (χ2n) is 11.5. The van der Waals surface area contributed by atoms with Gasteiger partial charge in [-0.05, 0) is 83.8 Å². The number of H-pyrrole nitrogens is 1. The molecule has 4 heterocycles. The van der Waals surface area contributed by atoms with Gasteiger partial charge in [0.25, 0.3) is 5.56 Å². The summed E-state index contributed by atoms with van der Waals surface area (Å²) in [6, 6.07) is 6.79. The number of rotatable bonds is 10. The first-order valence-corrected chi connectivity index (χ1v) is 15.2. The predicted molar refractivity (Wildman–Crippen MR) is 166 cm³/mol. The van der Waals surface area contributed by atoms with E-state index in [0.717, 1.165) is 98.6 Å². The number of nitrogens with one attached hydrogen (secondary N) is 2. The van der Waals surface area contributed by atoms with Crippen LogP contribution in [0.15, 0.2) is 34.0 Å². The van der Waals surface area contributed by atoms with Gasteiger partial charge in [-0.15, -0.1) is 0 Å². The Hall–Kier alpha value is -3.23. The molecule has 2 aromatic heterocycles. The van der Waals surface area contributed by atoms with Crippen molar-refractivity contribution in [2.45, 2.75) is 71.4 Å². The van der Waals surface area contributed by atoms with E-state index in [4.69, 9.17) is 13.9 Å². The summed E-state index contributed by atoms with van der Waals surface area (Å²) in [4.78, 5) is 20.6. The Morgan fingerprint density at radius 1 is 1.15 bits per heavy atom. The normalized spacial score (nSPS) is 17.2. The van der Waals surface area contributed by atoms with Gasteiger partial charge in [-0.2, -0.15) is 0 Å². The molecule has 2 aliphatic heterocycles. The van der Waals surface area contributed by atoms with E-state index in [-0.39, 0.29) is 5.56 Å². The summed E-state index contributed by atoms with van der Waals surface area (Å²) in [6.45, 7) is 15.8. The lowest BCUT2D eigenvalue weighted by Gasteiger charge is -2.37. The number of hydrogen-bond donors (Lipinski definition) is 2. The molecule has 8 nitrogen and oxygen atoms in total. The fraction of sp³-hybridized carbons (Fsp3) is 0.545. The highest BCUT2D eigenvalue weighted by Gasteiger charge is 2.28. The Labute approximate surface area is 243 Å². The van der Waals surface area contributed by atoms with Crippen LogP contribution in [-0.4, -0.2) is 62.9 Å². The van der Waals surface area contributed by atoms with Gasteiger partial charge in [-0.1, -0.05) is 13.5 Å². The summed E-state index contributed by atoms with van der Waals surface area (Å²) in [6.07, 6.45) is 5.07. The molecule has 3 aromatic rings. The minimum Gasteiger partial charge on any atom is -0.496 e. The lowest BCUT2D eigenvalue weighted by Crippen LogP contribution is -2.40. The van der Waals surface area contributed by atoms with Gasteiger partial charge in [-0.25, -0.2) is 0 Å². The molecule has 2 saturated heterocycles. The average molecular weight is 563 g/mol. The summed E-state index contributed by atoms with van der Waals surface area (Å²) in [7, 11) is 3.78. The lowest BCUT2D eigenvalue weighted by molar-refractivity contribution is 0.0846. The third-order valence-electron chi connectivity index (χ3n) is 8.91. The van der Waals surface area contributed by atoms with Gasteiger partial charge in [0.1, 0.15) is 17.1 Å². The minimum absolute atomic E-state index is 0.152. The highest BCUT2D eigenvalue weighted by Crippen LogP contribution is 2.41. The van der Waals surface area contributed by atoms with Crippen molar-refractivity contribution in [2.24, 2.45) is 0 Å². The summed E-state index contributed by atoms with van der Waals surface area (Å²) < 4.78 is 17.9. The van der Waals surface area contributed by atoms with Gasteiger partial charge < -0.3 is 34.0 Å². The quantitative estimate of drug-likeness (QED) is 0.334. The van der Waals surface area contributed by atoms with Crippen molar-refractivity contribution >= 4 is 22.4 Å². The number of fused-ring (bicyclic) bond motifs is 1. The number of pyridine rings is 1. The molecule has 0 radical (unpaired) electrons. The topological polar surface area (TPSA) is 83.0 Å². The number of ether oxygens (including phenoxy) is 2. The molecule has 0 spiro atoms. The molecule has 2 N–H and O–H groups in total. The summed E-state index contributed by atoms with van der Waals surface area (Å²) in [5, 5.41) is 4.58. The van der Waals surface area contributed by atoms with Crippen LogP contribution in [0.25, 0.3) is 16.7 Å². The number of piperidine rings is 1. The Bertz CT molecular complexity index is 1430. The van der Waals surface area contributed by atoms with Crippen molar-refractivity contribution in [3.8, 4) is 5.75 Å². The van der Waals surface area contributed by atoms with E-state index in [0.29, 0.717) is 29.8 Å². The van der Waals surface area contributed by atoms with Crippen LogP contribution in [0.1, 0.15) is 73.6 Å². The fourth-order valence-corrected chi connectivity index (χ4v) is 6.62. The van der Waals surface area contributed by atoms with Crippen molar-refractivity contribution < 1.29 is 13.9 Å². The number of anilines is 1. The molecule has 2 aliphatic rings. The second kappa shape index (κ2) is 12.7. The van der Waals surface area contributed by atoms with E-state index in [9.17, 15) is 4.79 Å². The van der Waals surface area contributed by atoms with E-state index in [2.05, 4.69) is 59.7 Å². The number of methoxy groups -OCH3 is 1. The van der Waals surface area contributed by atoms with Crippen LogP contribution >= 0.6 is 0 Å². The van der Waals surface area contributed by atoms with Gasteiger partial charge in [0.2, 0.25) is 0 Å². The molecule has 0 atom stereocenters. The molecule has 41 heavy (non-hydrogen) atoms. The summed E-state index contributed by atoms with van der Waals surface area (Å²) in [5.74, 6) is 2.05. The van der Waals surface area contributed by atoms with Crippen molar-refractivity contribution in [1.29, 1.82) is 0 Å². The molecule has 8 heteroatoms. The van der Waals surface area contributed by atoms with Crippen LogP contribution < -0.4 is 20.5 Å². The fourth-order valence-electron chi connectivity index (χ4n) is 6.62. The number of aromatic amines is 1. The molecule has 0 unspecified atom stereocenters. The van der Waals surface area contributed by atoms with Gasteiger partial charge in [0.15, 0.2) is 0 Å². The van der Waals surface area contributed by atoms with E-state index in [1.54, 1.807) is 7.11 Å². The second-order valence-corrected chi connectivity index (χ2v) is 11.5. The third-order valence-corrected chi connectivity index (χ3v) is 8.91. The molecule has 222 valence electrons. The van der Waals surface area contributed by atoms with Crippen LogP contribution in [0, 0.1) is 6.92 Å². The van der Waals surface area contributed by atoms with Crippen molar-refractivity contribution in [3.05, 3.63) is 63.3 Å². The third kappa shape index (κ3) is 6.04. The van der Waals surface area contributed by atoms with Crippen molar-refractivity contribution in [1.82, 2.24) is 15.2 Å². The number of hydrogen-bond acceptors (Lipinski definition) is 7. The maximum absolute atomic E-state index is 12.8. The molecule has 0 bridgehead atoms. The molecule has 5 rings (SSSR count).